The van der Waals surface area contributed by atoms with Gasteiger partial charge in [0.05, 0.1) is 22.8 Å². The summed E-state index contributed by atoms with van der Waals surface area (Å²) in [5.74, 6) is -1.14. The standard InChI is InChI=1S/C34H31F6N3O4S/c1-31(2,3)48(46)16-32(14-33(45,15-32)34(38,39)40)28-21(35)9-19(13-41-28)17-7-8-22-23(10-17)43-24-11-18(29(43)42-22)12-25(44)20-5-4-6-26(27(20)24)47-30(36)37/h4-10,13,18,24,30,45H,11-12,14-16H2,1-3H3/t18-,24+,32?,33?,48-/m0/s1. The van der Waals surface area contributed by atoms with Crippen LogP contribution in [-0.4, -0.2) is 58.5 Å². The average molecular weight is 692 g/mol. The minimum Gasteiger partial charge on any atom is -0.434 e. The number of rotatable bonds is 6. The van der Waals surface area contributed by atoms with Crippen molar-refractivity contribution in [2.75, 3.05) is 5.75 Å². The van der Waals surface area contributed by atoms with Gasteiger partial charge in [-0.15, -0.1) is 0 Å². The van der Waals surface area contributed by atoms with Crippen molar-refractivity contribution in [2.45, 2.75) is 87.0 Å². The predicted octanol–water partition coefficient (Wildman–Crippen LogP) is 7.37. The molecule has 4 aromatic rings. The van der Waals surface area contributed by atoms with Gasteiger partial charge >= 0.3 is 12.8 Å². The molecule has 1 saturated carbocycles. The molecule has 0 amide bonds. The summed E-state index contributed by atoms with van der Waals surface area (Å²) in [6.45, 7) is 1.90. The Labute approximate surface area is 273 Å². The van der Waals surface area contributed by atoms with Crippen LogP contribution >= 0.6 is 0 Å². The molecule has 48 heavy (non-hydrogen) atoms. The van der Waals surface area contributed by atoms with Gasteiger partial charge in [-0.2, -0.15) is 22.0 Å². The van der Waals surface area contributed by atoms with Crippen LogP contribution in [0.5, 0.6) is 5.75 Å². The lowest BCUT2D eigenvalue weighted by molar-refractivity contribution is -0.302. The van der Waals surface area contributed by atoms with E-state index in [2.05, 4.69) is 4.98 Å². The van der Waals surface area contributed by atoms with Gasteiger partial charge in [0.25, 0.3) is 0 Å². The van der Waals surface area contributed by atoms with E-state index in [1.54, 1.807) is 45.0 Å². The zero-order valence-electron chi connectivity index (χ0n) is 26.1. The number of imidazole rings is 1. The van der Waals surface area contributed by atoms with Crippen LogP contribution in [0.3, 0.4) is 0 Å². The van der Waals surface area contributed by atoms with Crippen LogP contribution in [0.1, 0.15) is 85.9 Å². The second-order valence-electron chi connectivity index (χ2n) is 14.0. The molecule has 3 atom stereocenters. The van der Waals surface area contributed by atoms with E-state index < -0.39 is 64.1 Å². The van der Waals surface area contributed by atoms with E-state index in [4.69, 9.17) is 9.72 Å². The number of alkyl halides is 5. The Morgan fingerprint density at radius 2 is 1.83 bits per heavy atom. The molecule has 0 unspecified atom stereocenters. The van der Waals surface area contributed by atoms with Crippen molar-refractivity contribution in [3.8, 4) is 16.9 Å². The van der Waals surface area contributed by atoms with E-state index in [0.717, 1.165) is 6.07 Å². The molecule has 0 radical (unpaired) electrons. The molecular formula is C34H31F6N3O4S. The topological polar surface area (TPSA) is 94.3 Å². The third-order valence-corrected chi connectivity index (χ3v) is 12.0. The molecule has 7 nitrogen and oxygen atoms in total. The highest BCUT2D eigenvalue weighted by atomic mass is 32.2. The summed E-state index contributed by atoms with van der Waals surface area (Å²) in [7, 11) is -1.67. The molecule has 2 aliphatic carbocycles. The summed E-state index contributed by atoms with van der Waals surface area (Å²) in [5.41, 5.74) is -2.29. The first-order chi connectivity index (χ1) is 22.4. The number of ether oxygens (including phenoxy) is 1. The lowest BCUT2D eigenvalue weighted by Gasteiger charge is -2.53. The molecule has 2 aromatic heterocycles. The van der Waals surface area contributed by atoms with Crippen molar-refractivity contribution in [3.05, 3.63) is 77.1 Å². The first kappa shape index (κ1) is 32.8. The Kier molecular flexibility index (Phi) is 7.41. The van der Waals surface area contributed by atoms with Crippen LogP contribution in [0.2, 0.25) is 0 Å². The van der Waals surface area contributed by atoms with Crippen molar-refractivity contribution in [1.82, 2.24) is 14.5 Å². The third-order valence-electron chi connectivity index (χ3n) is 9.81. The Morgan fingerprint density at radius 3 is 2.48 bits per heavy atom. The second kappa shape index (κ2) is 10.9. The maximum atomic E-state index is 15.9. The van der Waals surface area contributed by atoms with Gasteiger partial charge in [0.15, 0.2) is 11.4 Å². The van der Waals surface area contributed by atoms with Gasteiger partial charge in [-0.25, -0.2) is 9.37 Å². The quantitative estimate of drug-likeness (QED) is 0.212. The first-order valence-electron chi connectivity index (χ1n) is 15.4. The smallest absolute Gasteiger partial charge is 0.417 e. The van der Waals surface area contributed by atoms with Crippen molar-refractivity contribution in [2.24, 2.45) is 0 Å². The first-order valence-corrected chi connectivity index (χ1v) is 16.7. The van der Waals surface area contributed by atoms with Gasteiger partial charge in [-0.3, -0.25) is 14.0 Å². The highest BCUT2D eigenvalue weighted by Gasteiger charge is 2.69. The van der Waals surface area contributed by atoms with Crippen LogP contribution in [0.15, 0.2) is 48.7 Å². The number of hydrogen-bond donors (Lipinski definition) is 1. The molecule has 2 aromatic carbocycles. The van der Waals surface area contributed by atoms with Crippen LogP contribution in [0, 0.1) is 5.82 Å². The summed E-state index contributed by atoms with van der Waals surface area (Å²) in [6.07, 6.45) is -4.77. The number of aliphatic hydroxyl groups is 1. The number of carbonyl (C=O) groups is 1. The number of benzene rings is 2. The molecule has 1 aliphatic heterocycles. The van der Waals surface area contributed by atoms with Crippen molar-refractivity contribution in [1.29, 1.82) is 0 Å². The van der Waals surface area contributed by atoms with Crippen LogP contribution in [-0.2, 0) is 16.2 Å². The van der Waals surface area contributed by atoms with Crippen LogP contribution in [0.4, 0.5) is 26.3 Å². The molecule has 2 bridgehead atoms. The minimum atomic E-state index is -4.95. The number of ketones is 1. The third kappa shape index (κ3) is 5.13. The van der Waals surface area contributed by atoms with Crippen molar-refractivity contribution in [3.63, 3.8) is 0 Å². The maximum absolute atomic E-state index is 15.9. The van der Waals surface area contributed by atoms with Gasteiger partial charge in [-0.1, -0.05) is 18.2 Å². The molecule has 0 spiro atoms. The normalized spacial score (nSPS) is 25.9. The summed E-state index contributed by atoms with van der Waals surface area (Å²) in [6, 6.07) is 10.3. The van der Waals surface area contributed by atoms with E-state index in [-0.39, 0.29) is 35.3 Å². The summed E-state index contributed by atoms with van der Waals surface area (Å²) in [5, 5.41) is 10.3. The zero-order valence-corrected chi connectivity index (χ0v) is 26.9. The lowest BCUT2D eigenvalue weighted by atomic mass is 9.58. The largest absolute Gasteiger partial charge is 0.434 e. The number of aromatic nitrogens is 3. The van der Waals surface area contributed by atoms with Crippen LogP contribution < -0.4 is 4.74 Å². The van der Waals surface area contributed by atoms with Gasteiger partial charge in [0.1, 0.15) is 17.4 Å². The Bertz CT molecular complexity index is 2000. The highest BCUT2D eigenvalue weighted by molar-refractivity contribution is 7.86. The van der Waals surface area contributed by atoms with Gasteiger partial charge < -0.3 is 14.4 Å². The number of nitrogens with zero attached hydrogens (tertiary/aromatic N) is 3. The Morgan fingerprint density at radius 1 is 1.10 bits per heavy atom. The number of Topliss-reactive ketones (excluding diaryl/α,β-unsaturated/α-hetero) is 1. The lowest BCUT2D eigenvalue weighted by Crippen LogP contribution is -2.65. The van der Waals surface area contributed by atoms with E-state index >= 15 is 4.39 Å². The van der Waals surface area contributed by atoms with E-state index in [1.807, 2.05) is 4.57 Å². The van der Waals surface area contributed by atoms with E-state index in [9.17, 15) is 36.1 Å². The van der Waals surface area contributed by atoms with Gasteiger partial charge in [0.2, 0.25) is 0 Å². The fourth-order valence-electron chi connectivity index (χ4n) is 7.53. The molecule has 3 heterocycles. The number of carbonyl (C=O) groups excluding carboxylic acids is 1. The molecular weight excluding hydrogens is 660 g/mol. The maximum Gasteiger partial charge on any atom is 0.417 e. The number of halogens is 6. The summed E-state index contributed by atoms with van der Waals surface area (Å²) >= 11 is 0. The van der Waals surface area contributed by atoms with Crippen molar-refractivity contribution >= 4 is 27.6 Å². The average Bonchev–Trinajstić information content (AvgIpc) is 3.46. The SMILES string of the molecule is CC(C)(C)[S@@](=O)CC1(c2ncc(-c3ccc4nc5n(c4c3)[C@@H]3C[C@H]5CC(=O)c4cccc(OC(F)F)c43)cc2F)CC(O)(C(F)(F)F)C1. The molecule has 1 fully saturated rings. The monoisotopic (exact) mass is 691 g/mol. The number of fused-ring (bicyclic) bond motifs is 9. The summed E-state index contributed by atoms with van der Waals surface area (Å²) in [4.78, 5) is 22.2. The van der Waals surface area contributed by atoms with Gasteiger partial charge in [0, 0.05) is 61.9 Å². The second-order valence-corrected chi connectivity index (χ2v) is 16.2. The molecule has 1 N–H and O–H groups in total. The zero-order chi connectivity index (χ0) is 34.6. The molecule has 14 heteroatoms. The number of hydrogen-bond acceptors (Lipinski definition) is 6. The molecule has 0 saturated heterocycles. The van der Waals surface area contributed by atoms with E-state index in [1.165, 1.54) is 18.3 Å². The Balaban J connectivity index is 1.28. The Hall–Kier alpha value is -3.78. The molecule has 3 aliphatic rings. The fourth-order valence-corrected chi connectivity index (χ4v) is 8.81. The molecule has 7 rings (SSSR count). The van der Waals surface area contributed by atoms with E-state index in [0.29, 0.717) is 45.5 Å². The molecule has 254 valence electrons. The van der Waals surface area contributed by atoms with Crippen molar-refractivity contribution < 1.29 is 45.2 Å². The highest BCUT2D eigenvalue weighted by Crippen LogP contribution is 2.58. The van der Waals surface area contributed by atoms with Crippen LogP contribution in [0.25, 0.3) is 22.2 Å². The predicted molar refractivity (Wildman–Crippen MR) is 165 cm³/mol. The minimum absolute atomic E-state index is 0.0936. The summed E-state index contributed by atoms with van der Waals surface area (Å²) < 4.78 is 103. The van der Waals surface area contributed by atoms with Gasteiger partial charge in [-0.05, 0) is 69.9 Å². The fraction of sp³-hybridized carbons (Fsp3) is 0.441. The number of pyridine rings is 1.